The summed E-state index contributed by atoms with van der Waals surface area (Å²) in [6.45, 7) is 4.71. The fourth-order valence-electron chi connectivity index (χ4n) is 2.51. The first-order chi connectivity index (χ1) is 11.5. The zero-order valence-corrected chi connectivity index (χ0v) is 15.2. The van der Waals surface area contributed by atoms with Crippen molar-refractivity contribution in [3.05, 3.63) is 45.1 Å². The van der Waals surface area contributed by atoms with E-state index in [9.17, 15) is 4.79 Å². The Morgan fingerprint density at radius 2 is 2.12 bits per heavy atom. The number of aromatic nitrogens is 3. The van der Waals surface area contributed by atoms with Crippen LogP contribution >= 0.6 is 22.9 Å². The van der Waals surface area contributed by atoms with Gasteiger partial charge in [0.25, 0.3) is 5.91 Å². The molecule has 5 nitrogen and oxygen atoms in total. The Morgan fingerprint density at radius 3 is 2.88 bits per heavy atom. The summed E-state index contributed by atoms with van der Waals surface area (Å²) in [7, 11) is 0. The normalized spacial score (nSPS) is 11.3. The number of H-pyrrole nitrogens is 1. The summed E-state index contributed by atoms with van der Waals surface area (Å²) in [4.78, 5) is 25.2. The van der Waals surface area contributed by atoms with E-state index in [0.29, 0.717) is 29.0 Å². The Labute approximate surface area is 149 Å². The summed E-state index contributed by atoms with van der Waals surface area (Å²) in [6, 6.07) is 7.87. The number of benzene rings is 1. The Hall–Kier alpha value is -1.92. The molecule has 7 heteroatoms. The van der Waals surface area contributed by atoms with Crippen LogP contribution in [0.3, 0.4) is 0 Å². The van der Waals surface area contributed by atoms with Crippen molar-refractivity contribution < 1.29 is 4.79 Å². The minimum Gasteiger partial charge on any atom is -0.350 e. The smallest absolute Gasteiger partial charge is 0.271 e. The molecule has 126 valence electrons. The van der Waals surface area contributed by atoms with Gasteiger partial charge in [-0.1, -0.05) is 37.6 Å². The molecule has 0 aliphatic heterocycles. The predicted molar refractivity (Wildman–Crippen MR) is 97.8 cm³/mol. The molecule has 2 heterocycles. The fraction of sp³-hybridized carbons (Fsp3) is 0.353. The molecule has 3 aromatic rings. The van der Waals surface area contributed by atoms with Crippen LogP contribution in [0.4, 0.5) is 0 Å². The number of carbonyl (C=O) groups excluding carboxylic acids is 1. The fourth-order valence-corrected chi connectivity index (χ4v) is 3.87. The molecule has 0 aliphatic rings. The lowest BCUT2D eigenvalue weighted by Gasteiger charge is -2.06. The standard InChI is InChI=1S/C17H19ClN4OS/c1-10(2)9-13-15(22-17(18)24-13)16(23)19-8-7-14-20-11-5-3-4-6-12(11)21-14/h3-6,10H,7-9H2,1-2H3,(H,19,23)(H,20,21). The highest BCUT2D eigenvalue weighted by Gasteiger charge is 2.18. The van der Waals surface area contributed by atoms with E-state index >= 15 is 0 Å². The average molecular weight is 363 g/mol. The Kier molecular flexibility index (Phi) is 5.16. The van der Waals surface area contributed by atoms with E-state index in [0.717, 1.165) is 28.2 Å². The van der Waals surface area contributed by atoms with E-state index in [1.165, 1.54) is 11.3 Å². The topological polar surface area (TPSA) is 70.7 Å². The van der Waals surface area contributed by atoms with Gasteiger partial charge in [0.05, 0.1) is 11.0 Å². The van der Waals surface area contributed by atoms with Gasteiger partial charge in [0, 0.05) is 17.8 Å². The van der Waals surface area contributed by atoms with Crippen LogP contribution in [0.2, 0.25) is 4.47 Å². The molecule has 0 atom stereocenters. The van der Waals surface area contributed by atoms with Gasteiger partial charge in [-0.25, -0.2) is 9.97 Å². The minimum absolute atomic E-state index is 0.176. The van der Waals surface area contributed by atoms with Crippen molar-refractivity contribution in [1.82, 2.24) is 20.3 Å². The maximum atomic E-state index is 12.4. The van der Waals surface area contributed by atoms with Crippen molar-refractivity contribution in [2.24, 2.45) is 5.92 Å². The first-order valence-corrected chi connectivity index (χ1v) is 9.09. The highest BCUT2D eigenvalue weighted by molar-refractivity contribution is 7.16. The third kappa shape index (κ3) is 3.94. The highest BCUT2D eigenvalue weighted by Crippen LogP contribution is 2.25. The van der Waals surface area contributed by atoms with Gasteiger partial charge in [0.15, 0.2) is 4.47 Å². The van der Waals surface area contributed by atoms with Gasteiger partial charge in [-0.3, -0.25) is 4.79 Å². The summed E-state index contributed by atoms with van der Waals surface area (Å²) >= 11 is 7.36. The lowest BCUT2D eigenvalue weighted by Crippen LogP contribution is -2.27. The number of halogens is 1. The molecule has 0 spiro atoms. The molecule has 0 radical (unpaired) electrons. The molecule has 1 amide bonds. The Bertz CT molecular complexity index is 822. The number of para-hydroxylation sites is 2. The van der Waals surface area contributed by atoms with Crippen molar-refractivity contribution in [2.75, 3.05) is 6.54 Å². The second kappa shape index (κ2) is 7.32. The number of nitrogens with zero attached hydrogens (tertiary/aromatic N) is 2. The maximum Gasteiger partial charge on any atom is 0.271 e. The zero-order valence-electron chi connectivity index (χ0n) is 13.6. The van der Waals surface area contributed by atoms with Crippen LogP contribution in [0, 0.1) is 5.92 Å². The Balaban J connectivity index is 1.61. The zero-order chi connectivity index (χ0) is 17.1. The number of thiazole rings is 1. The van der Waals surface area contributed by atoms with Crippen molar-refractivity contribution in [3.63, 3.8) is 0 Å². The number of aromatic amines is 1. The summed E-state index contributed by atoms with van der Waals surface area (Å²) < 4.78 is 0.410. The summed E-state index contributed by atoms with van der Waals surface area (Å²) in [5, 5.41) is 2.91. The van der Waals surface area contributed by atoms with E-state index < -0.39 is 0 Å². The molecule has 0 saturated heterocycles. The number of fused-ring (bicyclic) bond motifs is 1. The number of hydrogen-bond acceptors (Lipinski definition) is 4. The summed E-state index contributed by atoms with van der Waals surface area (Å²) in [5.41, 5.74) is 2.39. The van der Waals surface area contributed by atoms with E-state index in [-0.39, 0.29) is 5.91 Å². The SMILES string of the molecule is CC(C)Cc1sc(Cl)nc1C(=O)NCCc1nc2ccccc2[nH]1. The predicted octanol–water partition coefficient (Wildman–Crippen LogP) is 3.84. The first-order valence-electron chi connectivity index (χ1n) is 7.90. The van der Waals surface area contributed by atoms with Crippen molar-refractivity contribution in [3.8, 4) is 0 Å². The number of carbonyl (C=O) groups is 1. The molecule has 2 aromatic heterocycles. The van der Waals surface area contributed by atoms with Crippen LogP contribution in [0.5, 0.6) is 0 Å². The van der Waals surface area contributed by atoms with Gasteiger partial charge >= 0.3 is 0 Å². The molecule has 0 fully saturated rings. The average Bonchev–Trinajstić information content (AvgIpc) is 3.09. The quantitative estimate of drug-likeness (QED) is 0.699. The molecule has 0 bridgehead atoms. The number of nitrogens with one attached hydrogen (secondary N) is 2. The van der Waals surface area contributed by atoms with Gasteiger partial charge in [0.2, 0.25) is 0 Å². The molecule has 24 heavy (non-hydrogen) atoms. The van der Waals surface area contributed by atoms with Crippen LogP contribution < -0.4 is 5.32 Å². The van der Waals surface area contributed by atoms with Gasteiger partial charge < -0.3 is 10.3 Å². The molecule has 2 N–H and O–H groups in total. The van der Waals surface area contributed by atoms with E-state index in [1.54, 1.807) is 0 Å². The van der Waals surface area contributed by atoms with E-state index in [4.69, 9.17) is 11.6 Å². The maximum absolute atomic E-state index is 12.4. The monoisotopic (exact) mass is 362 g/mol. The molecule has 0 aliphatic carbocycles. The summed E-state index contributed by atoms with van der Waals surface area (Å²) in [6.07, 6.45) is 1.44. The molecular weight excluding hydrogens is 344 g/mol. The number of imidazole rings is 1. The number of hydrogen-bond donors (Lipinski definition) is 2. The molecular formula is C17H19ClN4OS. The van der Waals surface area contributed by atoms with Crippen LogP contribution in [0.1, 0.15) is 35.0 Å². The van der Waals surface area contributed by atoms with Gasteiger partial charge in [-0.05, 0) is 24.5 Å². The second-order valence-corrected chi connectivity index (χ2v) is 7.71. The van der Waals surface area contributed by atoms with Crippen LogP contribution in [0.25, 0.3) is 11.0 Å². The lowest BCUT2D eigenvalue weighted by atomic mass is 10.1. The van der Waals surface area contributed by atoms with Crippen LogP contribution in [-0.2, 0) is 12.8 Å². The van der Waals surface area contributed by atoms with E-state index in [1.807, 2.05) is 24.3 Å². The van der Waals surface area contributed by atoms with E-state index in [2.05, 4.69) is 34.1 Å². The highest BCUT2D eigenvalue weighted by atomic mass is 35.5. The lowest BCUT2D eigenvalue weighted by molar-refractivity contribution is 0.0948. The van der Waals surface area contributed by atoms with Crippen molar-refractivity contribution in [2.45, 2.75) is 26.7 Å². The number of rotatable bonds is 6. The molecule has 0 unspecified atom stereocenters. The van der Waals surface area contributed by atoms with Crippen LogP contribution in [-0.4, -0.2) is 27.4 Å². The van der Waals surface area contributed by atoms with Gasteiger partial charge in [0.1, 0.15) is 11.5 Å². The Morgan fingerprint density at radius 1 is 1.33 bits per heavy atom. The van der Waals surface area contributed by atoms with Crippen LogP contribution in [0.15, 0.2) is 24.3 Å². The largest absolute Gasteiger partial charge is 0.350 e. The van der Waals surface area contributed by atoms with Gasteiger partial charge in [-0.2, -0.15) is 0 Å². The number of amides is 1. The summed E-state index contributed by atoms with van der Waals surface area (Å²) in [5.74, 6) is 1.13. The third-order valence-electron chi connectivity index (χ3n) is 3.57. The molecule has 1 aromatic carbocycles. The molecule has 3 rings (SSSR count). The van der Waals surface area contributed by atoms with Gasteiger partial charge in [-0.15, -0.1) is 11.3 Å². The second-order valence-electron chi connectivity index (χ2n) is 6.04. The first kappa shape index (κ1) is 16.9. The molecule has 0 saturated carbocycles. The third-order valence-corrected chi connectivity index (χ3v) is 4.75. The van der Waals surface area contributed by atoms with Crippen molar-refractivity contribution in [1.29, 1.82) is 0 Å². The minimum atomic E-state index is -0.176. The van der Waals surface area contributed by atoms with Crippen molar-refractivity contribution >= 4 is 39.9 Å².